The Kier molecular flexibility index (Phi) is 5.70. The molecule has 0 bridgehead atoms. The third-order valence-electron chi connectivity index (χ3n) is 5.21. The van der Waals surface area contributed by atoms with E-state index in [2.05, 4.69) is 25.8 Å². The van der Waals surface area contributed by atoms with Gasteiger partial charge in [0.15, 0.2) is 0 Å². The number of nitrogens with zero attached hydrogens (tertiary/aromatic N) is 2. The van der Waals surface area contributed by atoms with E-state index < -0.39 is 11.7 Å². The monoisotopic (exact) mass is 474 g/mol. The predicted molar refractivity (Wildman–Crippen MR) is 129 cm³/mol. The summed E-state index contributed by atoms with van der Waals surface area (Å²) in [6, 6.07) is 5.99. The normalized spacial score (nSPS) is 12.7. The standard InChI is InChI=1S/C25H25F3N2S2/c1-13-7-14(2)9-16(8-13)20-22-19(18(11-29-20)25(26,27)28)15(3)21(32-22)23-30-17(12-31-23)10-24(4,5)6/h7-9,11-12H,10H2,1-6H3. The molecule has 0 amide bonds. The fourth-order valence-corrected chi connectivity index (χ4v) is 6.34. The maximum Gasteiger partial charge on any atom is 0.418 e. The number of halogens is 3. The van der Waals surface area contributed by atoms with Gasteiger partial charge in [0.25, 0.3) is 0 Å². The van der Waals surface area contributed by atoms with Crippen molar-refractivity contribution in [2.75, 3.05) is 0 Å². The van der Waals surface area contributed by atoms with Gasteiger partial charge in [-0.05, 0) is 50.3 Å². The Labute approximate surface area is 194 Å². The SMILES string of the molecule is Cc1cc(C)cc(-c2ncc(C(F)(F)F)c3c(C)c(-c4nc(CC(C)(C)C)cs4)sc23)c1. The maximum atomic E-state index is 13.9. The topological polar surface area (TPSA) is 25.8 Å². The van der Waals surface area contributed by atoms with Crippen molar-refractivity contribution in [2.24, 2.45) is 5.41 Å². The molecule has 1 aromatic carbocycles. The molecule has 0 aliphatic heterocycles. The van der Waals surface area contributed by atoms with Crippen molar-refractivity contribution in [2.45, 2.75) is 54.1 Å². The first kappa shape index (κ1) is 22.9. The molecule has 4 aromatic rings. The number of aromatic nitrogens is 2. The molecule has 7 heteroatoms. The van der Waals surface area contributed by atoms with Gasteiger partial charge in [0.2, 0.25) is 0 Å². The van der Waals surface area contributed by atoms with Crippen LogP contribution >= 0.6 is 22.7 Å². The third kappa shape index (κ3) is 4.46. The summed E-state index contributed by atoms with van der Waals surface area (Å²) >= 11 is 2.85. The Balaban J connectivity index is 1.96. The summed E-state index contributed by atoms with van der Waals surface area (Å²) in [5.74, 6) is 0. The van der Waals surface area contributed by atoms with Crippen LogP contribution in [-0.4, -0.2) is 9.97 Å². The number of fused-ring (bicyclic) bond motifs is 1. The second kappa shape index (κ2) is 7.96. The summed E-state index contributed by atoms with van der Waals surface area (Å²) in [4.78, 5) is 9.86. The van der Waals surface area contributed by atoms with E-state index in [9.17, 15) is 13.2 Å². The zero-order valence-corrected chi connectivity index (χ0v) is 20.6. The molecule has 3 aromatic heterocycles. The zero-order valence-electron chi connectivity index (χ0n) is 18.9. The summed E-state index contributed by atoms with van der Waals surface area (Å²) < 4.78 is 42.3. The van der Waals surface area contributed by atoms with Crippen LogP contribution in [0.15, 0.2) is 29.8 Å². The quantitative estimate of drug-likeness (QED) is 0.297. The molecule has 0 radical (unpaired) electrons. The fourth-order valence-electron chi connectivity index (χ4n) is 4.03. The summed E-state index contributed by atoms with van der Waals surface area (Å²) in [5.41, 5.74) is 4.51. The molecule has 0 unspecified atom stereocenters. The number of rotatable bonds is 3. The van der Waals surface area contributed by atoms with Crippen molar-refractivity contribution in [3.05, 3.63) is 57.7 Å². The minimum absolute atomic E-state index is 0.0874. The highest BCUT2D eigenvalue weighted by atomic mass is 32.1. The average Bonchev–Trinajstić information content (AvgIpc) is 3.22. The number of hydrogen-bond donors (Lipinski definition) is 0. The number of pyridine rings is 1. The lowest BCUT2D eigenvalue weighted by atomic mass is 9.91. The van der Waals surface area contributed by atoms with Crippen LogP contribution in [0, 0.1) is 26.2 Å². The van der Waals surface area contributed by atoms with Crippen molar-refractivity contribution >= 4 is 32.8 Å². The Morgan fingerprint density at radius 3 is 2.22 bits per heavy atom. The van der Waals surface area contributed by atoms with Gasteiger partial charge in [-0.3, -0.25) is 4.98 Å². The van der Waals surface area contributed by atoms with Crippen LogP contribution in [0.4, 0.5) is 13.2 Å². The van der Waals surface area contributed by atoms with Gasteiger partial charge >= 0.3 is 6.18 Å². The van der Waals surface area contributed by atoms with E-state index >= 15 is 0 Å². The van der Waals surface area contributed by atoms with Crippen LogP contribution in [0.25, 0.3) is 31.2 Å². The van der Waals surface area contributed by atoms with Crippen LogP contribution in [0.2, 0.25) is 0 Å². The third-order valence-corrected chi connectivity index (χ3v) is 7.55. The lowest BCUT2D eigenvalue weighted by molar-refractivity contribution is -0.136. The van der Waals surface area contributed by atoms with E-state index in [1.165, 1.54) is 22.7 Å². The van der Waals surface area contributed by atoms with Gasteiger partial charge in [-0.25, -0.2) is 4.98 Å². The van der Waals surface area contributed by atoms with Crippen molar-refractivity contribution in [3.8, 4) is 21.1 Å². The van der Waals surface area contributed by atoms with Crippen molar-refractivity contribution < 1.29 is 13.2 Å². The molecule has 0 saturated heterocycles. The molecule has 0 N–H and O–H groups in total. The number of alkyl halides is 3. The molecule has 2 nitrogen and oxygen atoms in total. The number of hydrogen-bond acceptors (Lipinski definition) is 4. The van der Waals surface area contributed by atoms with Gasteiger partial charge in [-0.15, -0.1) is 22.7 Å². The molecule has 168 valence electrons. The van der Waals surface area contributed by atoms with Gasteiger partial charge in [0.05, 0.1) is 26.5 Å². The van der Waals surface area contributed by atoms with E-state index in [0.29, 0.717) is 16.0 Å². The first-order chi connectivity index (χ1) is 14.8. The molecular formula is C25H25F3N2S2. The zero-order chi connectivity index (χ0) is 23.4. The van der Waals surface area contributed by atoms with Crippen molar-refractivity contribution in [1.82, 2.24) is 9.97 Å². The lowest BCUT2D eigenvalue weighted by Crippen LogP contribution is -2.09. The molecule has 3 heterocycles. The summed E-state index contributed by atoms with van der Waals surface area (Å²) in [5, 5.41) is 3.01. The van der Waals surface area contributed by atoms with Gasteiger partial charge < -0.3 is 0 Å². The van der Waals surface area contributed by atoms with Crippen LogP contribution in [0.1, 0.15) is 48.7 Å². The number of benzene rings is 1. The number of thiazole rings is 1. The van der Waals surface area contributed by atoms with Gasteiger partial charge in [0, 0.05) is 22.5 Å². The fraction of sp³-hybridized carbons (Fsp3) is 0.360. The first-order valence-electron chi connectivity index (χ1n) is 10.4. The molecule has 0 atom stereocenters. The Morgan fingerprint density at radius 2 is 1.62 bits per heavy atom. The minimum atomic E-state index is -4.48. The van der Waals surface area contributed by atoms with Gasteiger partial charge in [-0.1, -0.05) is 38.0 Å². The van der Waals surface area contributed by atoms with E-state index in [4.69, 9.17) is 4.98 Å². The predicted octanol–water partition coefficient (Wildman–Crippen LogP) is 8.62. The highest BCUT2D eigenvalue weighted by molar-refractivity contribution is 7.26. The Hall–Kier alpha value is -2.25. The summed E-state index contributed by atoms with van der Waals surface area (Å²) in [7, 11) is 0. The average molecular weight is 475 g/mol. The molecule has 4 rings (SSSR count). The minimum Gasteiger partial charge on any atom is -0.254 e. The van der Waals surface area contributed by atoms with Crippen molar-refractivity contribution in [1.29, 1.82) is 0 Å². The Bertz CT molecular complexity index is 1290. The second-order valence-electron chi connectivity index (χ2n) is 9.54. The maximum absolute atomic E-state index is 13.9. The van der Waals surface area contributed by atoms with Crippen LogP contribution in [-0.2, 0) is 12.6 Å². The lowest BCUT2D eigenvalue weighted by Gasteiger charge is -2.15. The largest absolute Gasteiger partial charge is 0.418 e. The smallest absolute Gasteiger partial charge is 0.254 e. The Morgan fingerprint density at radius 1 is 0.969 bits per heavy atom. The van der Waals surface area contributed by atoms with Gasteiger partial charge in [-0.2, -0.15) is 13.2 Å². The highest BCUT2D eigenvalue weighted by Gasteiger charge is 2.36. The molecule has 0 fully saturated rings. The molecule has 0 aliphatic carbocycles. The van der Waals surface area contributed by atoms with E-state index in [1.54, 1.807) is 6.92 Å². The molecule has 0 saturated carbocycles. The first-order valence-corrected chi connectivity index (χ1v) is 12.1. The number of aryl methyl sites for hydroxylation is 3. The van der Waals surface area contributed by atoms with Crippen molar-refractivity contribution in [3.63, 3.8) is 0 Å². The van der Waals surface area contributed by atoms with E-state index in [-0.39, 0.29) is 10.8 Å². The molecule has 0 spiro atoms. The number of thiophene rings is 1. The highest BCUT2D eigenvalue weighted by Crippen LogP contribution is 2.47. The molecule has 32 heavy (non-hydrogen) atoms. The van der Waals surface area contributed by atoms with Gasteiger partial charge in [0.1, 0.15) is 5.01 Å². The van der Waals surface area contributed by atoms with Crippen LogP contribution in [0.3, 0.4) is 0 Å². The summed E-state index contributed by atoms with van der Waals surface area (Å²) in [6.45, 7) is 12.2. The van der Waals surface area contributed by atoms with E-state index in [0.717, 1.165) is 44.9 Å². The molecular weight excluding hydrogens is 449 g/mol. The van der Waals surface area contributed by atoms with E-state index in [1.807, 2.05) is 37.4 Å². The molecule has 0 aliphatic rings. The van der Waals surface area contributed by atoms with Crippen LogP contribution < -0.4 is 0 Å². The second-order valence-corrected chi connectivity index (χ2v) is 11.4. The van der Waals surface area contributed by atoms with Crippen LogP contribution in [0.5, 0.6) is 0 Å². The summed E-state index contributed by atoms with van der Waals surface area (Å²) in [6.07, 6.45) is -2.68.